The van der Waals surface area contributed by atoms with Gasteiger partial charge in [-0.05, 0) is 18.2 Å². The summed E-state index contributed by atoms with van der Waals surface area (Å²) in [5.41, 5.74) is 3.53. The predicted molar refractivity (Wildman–Crippen MR) is 66.0 cm³/mol. The highest BCUT2D eigenvalue weighted by Crippen LogP contribution is 2.33. The van der Waals surface area contributed by atoms with Crippen LogP contribution in [0.5, 0.6) is 0 Å². The van der Waals surface area contributed by atoms with Crippen molar-refractivity contribution in [2.24, 2.45) is 4.99 Å². The molecule has 0 amide bonds. The fraction of sp³-hybridized carbons (Fsp3) is 0. The molecule has 1 aliphatic heterocycles. The molecule has 0 bridgehead atoms. The molecule has 0 atom stereocenters. The second-order valence-corrected chi connectivity index (χ2v) is 3.82. The molecule has 0 aliphatic carbocycles. The number of benzene rings is 1. The quantitative estimate of drug-likeness (QED) is 0.751. The van der Waals surface area contributed by atoms with Gasteiger partial charge in [0.15, 0.2) is 0 Å². The summed E-state index contributed by atoms with van der Waals surface area (Å²) in [5, 5.41) is 3.78. The third-order valence-corrected chi connectivity index (χ3v) is 2.73. The first-order valence-electron chi connectivity index (χ1n) is 4.89. The number of para-hydroxylation sites is 1. The van der Waals surface area contributed by atoms with E-state index in [9.17, 15) is 0 Å². The number of fused-ring (bicyclic) bond motifs is 2. The Morgan fingerprint density at radius 1 is 1.06 bits per heavy atom. The van der Waals surface area contributed by atoms with Gasteiger partial charge in [0.05, 0.1) is 11.9 Å². The number of hydrogen-bond acceptors (Lipinski definition) is 3. The van der Waals surface area contributed by atoms with Gasteiger partial charge in [0, 0.05) is 17.4 Å². The van der Waals surface area contributed by atoms with E-state index in [0.29, 0.717) is 5.17 Å². The number of pyridine rings is 1. The number of anilines is 2. The zero-order valence-electron chi connectivity index (χ0n) is 8.31. The molecule has 1 aliphatic rings. The van der Waals surface area contributed by atoms with Crippen LogP contribution in [-0.4, -0.2) is 10.2 Å². The zero-order valence-corrected chi connectivity index (χ0v) is 9.07. The number of halogens is 1. The van der Waals surface area contributed by atoms with Gasteiger partial charge in [0.25, 0.3) is 0 Å². The molecular weight excluding hydrogens is 222 g/mol. The fourth-order valence-electron chi connectivity index (χ4n) is 1.66. The second kappa shape index (κ2) is 3.61. The lowest BCUT2D eigenvalue weighted by atomic mass is 10.2. The van der Waals surface area contributed by atoms with Gasteiger partial charge < -0.3 is 5.32 Å². The molecule has 0 unspecified atom stereocenters. The molecule has 0 saturated heterocycles. The van der Waals surface area contributed by atoms with Crippen molar-refractivity contribution in [3.8, 4) is 0 Å². The molecule has 1 aromatic carbocycles. The first kappa shape index (κ1) is 9.36. The molecule has 1 N–H and O–H groups in total. The van der Waals surface area contributed by atoms with Crippen molar-refractivity contribution in [3.63, 3.8) is 0 Å². The van der Waals surface area contributed by atoms with Gasteiger partial charge >= 0.3 is 0 Å². The Labute approximate surface area is 97.8 Å². The molecule has 0 radical (unpaired) electrons. The highest BCUT2D eigenvalue weighted by Gasteiger charge is 2.13. The van der Waals surface area contributed by atoms with Crippen LogP contribution in [0.3, 0.4) is 0 Å². The first-order chi connectivity index (χ1) is 7.84. The van der Waals surface area contributed by atoms with Crippen LogP contribution >= 0.6 is 11.6 Å². The maximum absolute atomic E-state index is 6.16. The molecule has 4 heteroatoms. The van der Waals surface area contributed by atoms with Crippen LogP contribution in [0.15, 0.2) is 47.7 Å². The lowest BCUT2D eigenvalue weighted by Crippen LogP contribution is -1.95. The highest BCUT2D eigenvalue weighted by atomic mass is 35.5. The molecule has 78 valence electrons. The first-order valence-corrected chi connectivity index (χ1v) is 5.27. The summed E-state index contributed by atoms with van der Waals surface area (Å²) < 4.78 is 0. The second-order valence-electron chi connectivity index (χ2n) is 3.47. The number of rotatable bonds is 0. The minimum atomic E-state index is 0.481. The SMILES string of the molecule is ClC1=Nc2cnccc2Nc2ccccc21. The van der Waals surface area contributed by atoms with Gasteiger partial charge in [-0.15, -0.1) is 0 Å². The van der Waals surface area contributed by atoms with E-state index in [1.165, 1.54) is 0 Å². The van der Waals surface area contributed by atoms with E-state index in [4.69, 9.17) is 11.6 Å². The number of aliphatic imine (C=N–C) groups is 1. The average molecular weight is 230 g/mol. The molecule has 0 saturated carbocycles. The van der Waals surface area contributed by atoms with Crippen LogP contribution in [0.25, 0.3) is 0 Å². The van der Waals surface area contributed by atoms with Crippen LogP contribution in [0.1, 0.15) is 5.56 Å². The summed E-state index contributed by atoms with van der Waals surface area (Å²) in [6.07, 6.45) is 3.42. The molecule has 2 heterocycles. The highest BCUT2D eigenvalue weighted by molar-refractivity contribution is 6.70. The van der Waals surface area contributed by atoms with E-state index in [2.05, 4.69) is 15.3 Å². The van der Waals surface area contributed by atoms with Crippen LogP contribution < -0.4 is 5.32 Å². The van der Waals surface area contributed by atoms with Crippen LogP contribution in [0.4, 0.5) is 17.1 Å². The maximum atomic E-state index is 6.16. The summed E-state index contributed by atoms with van der Waals surface area (Å²) in [6, 6.07) is 9.69. The Bertz CT molecular complexity index is 578. The Morgan fingerprint density at radius 2 is 1.94 bits per heavy atom. The van der Waals surface area contributed by atoms with Crippen LogP contribution in [0.2, 0.25) is 0 Å². The Balaban J connectivity index is 2.25. The van der Waals surface area contributed by atoms with E-state index >= 15 is 0 Å². The van der Waals surface area contributed by atoms with E-state index in [-0.39, 0.29) is 0 Å². The molecular formula is C12H8ClN3. The van der Waals surface area contributed by atoms with E-state index in [1.54, 1.807) is 12.4 Å². The predicted octanol–water partition coefficient (Wildman–Crippen LogP) is 3.46. The minimum Gasteiger partial charge on any atom is -0.353 e. The van der Waals surface area contributed by atoms with Gasteiger partial charge in [-0.3, -0.25) is 4.98 Å². The molecule has 1 aromatic heterocycles. The molecule has 0 spiro atoms. The van der Waals surface area contributed by atoms with Crippen LogP contribution in [-0.2, 0) is 0 Å². The third kappa shape index (κ3) is 1.46. The molecule has 2 aromatic rings. The van der Waals surface area contributed by atoms with E-state index in [0.717, 1.165) is 22.6 Å². The maximum Gasteiger partial charge on any atom is 0.139 e. The summed E-state index contributed by atoms with van der Waals surface area (Å²) in [5.74, 6) is 0. The molecule has 3 nitrogen and oxygen atoms in total. The van der Waals surface area contributed by atoms with E-state index in [1.807, 2.05) is 30.3 Å². The normalized spacial score (nSPS) is 12.9. The Morgan fingerprint density at radius 3 is 2.88 bits per heavy atom. The van der Waals surface area contributed by atoms with Gasteiger partial charge in [0.2, 0.25) is 0 Å². The van der Waals surface area contributed by atoms with E-state index < -0.39 is 0 Å². The largest absolute Gasteiger partial charge is 0.353 e. The smallest absolute Gasteiger partial charge is 0.139 e. The van der Waals surface area contributed by atoms with Gasteiger partial charge in [-0.1, -0.05) is 23.7 Å². The minimum absolute atomic E-state index is 0.481. The lowest BCUT2D eigenvalue weighted by Gasteiger charge is -2.07. The summed E-state index contributed by atoms with van der Waals surface area (Å²) >= 11 is 6.16. The zero-order chi connectivity index (χ0) is 11.0. The van der Waals surface area contributed by atoms with Gasteiger partial charge in [0.1, 0.15) is 10.9 Å². The molecule has 16 heavy (non-hydrogen) atoms. The Hall–Kier alpha value is -1.87. The summed E-state index contributed by atoms with van der Waals surface area (Å²) in [7, 11) is 0. The number of hydrogen-bond donors (Lipinski definition) is 1. The Kier molecular flexibility index (Phi) is 2.11. The number of nitrogens with zero attached hydrogens (tertiary/aromatic N) is 2. The van der Waals surface area contributed by atoms with Gasteiger partial charge in [-0.25, -0.2) is 4.99 Å². The monoisotopic (exact) mass is 229 g/mol. The number of aromatic nitrogens is 1. The number of nitrogens with one attached hydrogen (secondary N) is 1. The summed E-state index contributed by atoms with van der Waals surface area (Å²) in [4.78, 5) is 8.37. The van der Waals surface area contributed by atoms with Crippen molar-refractivity contribution >= 4 is 33.8 Å². The third-order valence-electron chi connectivity index (χ3n) is 2.44. The van der Waals surface area contributed by atoms with Crippen molar-refractivity contribution in [2.75, 3.05) is 5.32 Å². The average Bonchev–Trinajstić information content (AvgIpc) is 2.45. The lowest BCUT2D eigenvalue weighted by molar-refractivity contribution is 1.31. The molecule has 3 rings (SSSR count). The topological polar surface area (TPSA) is 37.3 Å². The standard InChI is InChI=1S/C12H8ClN3/c13-12-8-3-1-2-4-9(8)15-10-5-6-14-7-11(10)16-12/h1-7,15H. The van der Waals surface area contributed by atoms with Gasteiger partial charge in [-0.2, -0.15) is 0 Å². The summed E-state index contributed by atoms with van der Waals surface area (Å²) in [6.45, 7) is 0. The van der Waals surface area contributed by atoms with Crippen molar-refractivity contribution < 1.29 is 0 Å². The van der Waals surface area contributed by atoms with Crippen molar-refractivity contribution in [1.29, 1.82) is 0 Å². The molecule has 0 fully saturated rings. The van der Waals surface area contributed by atoms with Crippen molar-refractivity contribution in [3.05, 3.63) is 48.3 Å². The van der Waals surface area contributed by atoms with Crippen molar-refractivity contribution in [2.45, 2.75) is 0 Å². The fourth-order valence-corrected chi connectivity index (χ4v) is 1.92. The van der Waals surface area contributed by atoms with Crippen molar-refractivity contribution in [1.82, 2.24) is 4.98 Å². The van der Waals surface area contributed by atoms with Crippen LogP contribution in [0, 0.1) is 0 Å².